The van der Waals surface area contributed by atoms with Crippen LogP contribution in [-0.2, 0) is 4.79 Å². The molecule has 0 atom stereocenters. The van der Waals surface area contributed by atoms with E-state index in [0.717, 1.165) is 21.4 Å². The minimum atomic E-state index is -0.134. The lowest BCUT2D eigenvalue weighted by Crippen LogP contribution is -2.14. The first-order valence-electron chi connectivity index (χ1n) is 7.79. The molecule has 0 fully saturated rings. The Kier molecular flexibility index (Phi) is 5.91. The number of ether oxygens (including phenoxy) is 1. The third kappa shape index (κ3) is 4.41. The van der Waals surface area contributed by atoms with Gasteiger partial charge in [0.25, 0.3) is 0 Å². The highest BCUT2D eigenvalue weighted by molar-refractivity contribution is 8.00. The van der Waals surface area contributed by atoms with E-state index in [0.29, 0.717) is 21.6 Å². The molecular formula is C19H16Cl2N2O2S. The lowest BCUT2D eigenvalue weighted by atomic mass is 10.1. The molecule has 0 radical (unpaired) electrons. The standard InChI is InChI=1S/C19H16Cl2N2O2S/c1-11-3-5-15-13(7-11)17(9-18(21)23-15)26-10-19(24)22-12-4-6-16(25-2)14(20)8-12/h3-9H,10H2,1-2H3,(H,22,24). The maximum absolute atomic E-state index is 12.3. The molecule has 0 spiro atoms. The van der Waals surface area contributed by atoms with Gasteiger partial charge in [-0.2, -0.15) is 0 Å². The van der Waals surface area contributed by atoms with Crippen LogP contribution in [0.3, 0.4) is 0 Å². The van der Waals surface area contributed by atoms with E-state index in [-0.39, 0.29) is 11.7 Å². The van der Waals surface area contributed by atoms with Crippen molar-refractivity contribution in [3.05, 3.63) is 58.2 Å². The van der Waals surface area contributed by atoms with Crippen molar-refractivity contribution < 1.29 is 9.53 Å². The molecular weight excluding hydrogens is 391 g/mol. The molecule has 1 amide bonds. The van der Waals surface area contributed by atoms with Crippen molar-refractivity contribution in [3.8, 4) is 5.75 Å². The summed E-state index contributed by atoms with van der Waals surface area (Å²) in [5, 5.41) is 4.67. The summed E-state index contributed by atoms with van der Waals surface area (Å²) in [6, 6.07) is 12.9. The number of nitrogens with one attached hydrogen (secondary N) is 1. The number of carbonyl (C=O) groups is 1. The van der Waals surface area contributed by atoms with Gasteiger partial charge >= 0.3 is 0 Å². The van der Waals surface area contributed by atoms with Crippen molar-refractivity contribution in [2.75, 3.05) is 18.2 Å². The van der Waals surface area contributed by atoms with E-state index >= 15 is 0 Å². The molecule has 4 nitrogen and oxygen atoms in total. The van der Waals surface area contributed by atoms with Crippen molar-refractivity contribution in [3.63, 3.8) is 0 Å². The topological polar surface area (TPSA) is 51.2 Å². The molecule has 26 heavy (non-hydrogen) atoms. The molecule has 0 saturated carbocycles. The van der Waals surface area contributed by atoms with Crippen LogP contribution >= 0.6 is 35.0 Å². The predicted octanol–water partition coefficient (Wildman–Crippen LogP) is 5.59. The van der Waals surface area contributed by atoms with Crippen LogP contribution in [0.5, 0.6) is 5.75 Å². The summed E-state index contributed by atoms with van der Waals surface area (Å²) in [6.45, 7) is 2.02. The number of anilines is 1. The molecule has 2 aromatic carbocycles. The molecule has 1 aromatic heterocycles. The molecule has 134 valence electrons. The first kappa shape index (κ1) is 18.8. The lowest BCUT2D eigenvalue weighted by molar-refractivity contribution is -0.113. The van der Waals surface area contributed by atoms with Gasteiger partial charge in [-0.3, -0.25) is 4.79 Å². The normalized spacial score (nSPS) is 10.8. The summed E-state index contributed by atoms with van der Waals surface area (Å²) < 4.78 is 5.10. The monoisotopic (exact) mass is 406 g/mol. The molecule has 0 aliphatic rings. The highest BCUT2D eigenvalue weighted by Crippen LogP contribution is 2.31. The number of methoxy groups -OCH3 is 1. The molecule has 1 N–H and O–H groups in total. The fraction of sp³-hybridized carbons (Fsp3) is 0.158. The molecule has 0 aliphatic heterocycles. The number of carbonyl (C=O) groups excluding carboxylic acids is 1. The number of pyridine rings is 1. The van der Waals surface area contributed by atoms with E-state index in [1.807, 2.05) is 25.1 Å². The summed E-state index contributed by atoms with van der Waals surface area (Å²) >= 11 is 13.6. The number of hydrogen-bond donors (Lipinski definition) is 1. The molecule has 0 aliphatic carbocycles. The van der Waals surface area contributed by atoms with Crippen LogP contribution in [0.15, 0.2) is 47.4 Å². The van der Waals surface area contributed by atoms with Gasteiger partial charge < -0.3 is 10.1 Å². The van der Waals surface area contributed by atoms with Crippen LogP contribution in [0.25, 0.3) is 10.9 Å². The van der Waals surface area contributed by atoms with Crippen molar-refractivity contribution >= 4 is 57.5 Å². The lowest BCUT2D eigenvalue weighted by Gasteiger charge is -2.10. The van der Waals surface area contributed by atoms with Gasteiger partial charge in [0.1, 0.15) is 10.9 Å². The summed E-state index contributed by atoms with van der Waals surface area (Å²) in [6.07, 6.45) is 0. The Morgan fingerprint density at radius 1 is 1.19 bits per heavy atom. The minimum Gasteiger partial charge on any atom is -0.495 e. The Labute approximate surface area is 165 Å². The van der Waals surface area contributed by atoms with Crippen LogP contribution < -0.4 is 10.1 Å². The van der Waals surface area contributed by atoms with E-state index < -0.39 is 0 Å². The van der Waals surface area contributed by atoms with Gasteiger partial charge in [-0.25, -0.2) is 4.98 Å². The van der Waals surface area contributed by atoms with Crippen LogP contribution in [0, 0.1) is 6.92 Å². The second kappa shape index (κ2) is 8.16. The molecule has 3 aromatic rings. The number of benzene rings is 2. The Hall–Kier alpha value is -1.95. The van der Waals surface area contributed by atoms with E-state index in [4.69, 9.17) is 27.9 Å². The zero-order valence-electron chi connectivity index (χ0n) is 14.2. The van der Waals surface area contributed by atoms with Crippen molar-refractivity contribution in [1.29, 1.82) is 0 Å². The predicted molar refractivity (Wildman–Crippen MR) is 109 cm³/mol. The van der Waals surface area contributed by atoms with E-state index in [1.165, 1.54) is 11.8 Å². The number of amides is 1. The van der Waals surface area contributed by atoms with Crippen molar-refractivity contribution in [1.82, 2.24) is 4.98 Å². The van der Waals surface area contributed by atoms with Crippen LogP contribution in [0.1, 0.15) is 5.56 Å². The maximum atomic E-state index is 12.3. The second-order valence-electron chi connectivity index (χ2n) is 5.65. The Morgan fingerprint density at radius 3 is 2.73 bits per heavy atom. The SMILES string of the molecule is COc1ccc(NC(=O)CSc2cc(Cl)nc3ccc(C)cc23)cc1Cl. The van der Waals surface area contributed by atoms with Crippen molar-refractivity contribution in [2.24, 2.45) is 0 Å². The van der Waals surface area contributed by atoms with Gasteiger partial charge in [0.05, 0.1) is 23.4 Å². The summed E-state index contributed by atoms with van der Waals surface area (Å²) in [5.74, 6) is 0.671. The summed E-state index contributed by atoms with van der Waals surface area (Å²) in [5.41, 5.74) is 2.56. The number of hydrogen-bond acceptors (Lipinski definition) is 4. The number of halogens is 2. The Bertz CT molecular complexity index is 979. The van der Waals surface area contributed by atoms with Gasteiger partial charge in [-0.1, -0.05) is 34.8 Å². The summed E-state index contributed by atoms with van der Waals surface area (Å²) in [4.78, 5) is 17.5. The van der Waals surface area contributed by atoms with Gasteiger partial charge in [0.2, 0.25) is 5.91 Å². The number of aromatic nitrogens is 1. The third-order valence-corrected chi connectivity index (χ3v) is 5.23. The van der Waals surface area contributed by atoms with Crippen LogP contribution in [0.4, 0.5) is 5.69 Å². The molecule has 0 unspecified atom stereocenters. The Balaban J connectivity index is 1.72. The van der Waals surface area contributed by atoms with Crippen molar-refractivity contribution in [2.45, 2.75) is 11.8 Å². The highest BCUT2D eigenvalue weighted by Gasteiger charge is 2.10. The number of fused-ring (bicyclic) bond motifs is 1. The second-order valence-corrected chi connectivity index (χ2v) is 7.46. The smallest absolute Gasteiger partial charge is 0.234 e. The maximum Gasteiger partial charge on any atom is 0.234 e. The fourth-order valence-electron chi connectivity index (χ4n) is 2.48. The first-order valence-corrected chi connectivity index (χ1v) is 9.53. The third-order valence-electron chi connectivity index (χ3n) is 3.69. The fourth-order valence-corrected chi connectivity index (χ4v) is 3.88. The average molecular weight is 407 g/mol. The molecule has 1 heterocycles. The zero-order valence-corrected chi connectivity index (χ0v) is 16.5. The van der Waals surface area contributed by atoms with Crippen LogP contribution in [0.2, 0.25) is 10.2 Å². The van der Waals surface area contributed by atoms with E-state index in [9.17, 15) is 4.79 Å². The molecule has 0 bridgehead atoms. The average Bonchev–Trinajstić information content (AvgIpc) is 2.60. The van der Waals surface area contributed by atoms with Gasteiger partial charge in [0.15, 0.2) is 0 Å². The molecule has 3 rings (SSSR count). The van der Waals surface area contributed by atoms with Crippen LogP contribution in [-0.4, -0.2) is 23.8 Å². The van der Waals surface area contributed by atoms with Gasteiger partial charge in [-0.05, 0) is 43.3 Å². The number of thioether (sulfide) groups is 1. The quantitative estimate of drug-likeness (QED) is 0.443. The highest BCUT2D eigenvalue weighted by atomic mass is 35.5. The van der Waals surface area contributed by atoms with E-state index in [1.54, 1.807) is 31.4 Å². The zero-order chi connectivity index (χ0) is 18.7. The Morgan fingerprint density at radius 2 is 2.00 bits per heavy atom. The molecule has 0 saturated heterocycles. The summed E-state index contributed by atoms with van der Waals surface area (Å²) in [7, 11) is 1.54. The number of nitrogens with zero attached hydrogens (tertiary/aromatic N) is 1. The number of rotatable bonds is 5. The number of aryl methyl sites for hydroxylation is 1. The van der Waals surface area contributed by atoms with Gasteiger partial charge in [0, 0.05) is 16.0 Å². The first-order chi connectivity index (χ1) is 12.5. The van der Waals surface area contributed by atoms with E-state index in [2.05, 4.69) is 10.3 Å². The largest absolute Gasteiger partial charge is 0.495 e. The van der Waals surface area contributed by atoms with Gasteiger partial charge in [-0.15, -0.1) is 11.8 Å². The molecule has 7 heteroatoms. The minimum absolute atomic E-state index is 0.134.